The number of nitrogen functional groups attached to an aromatic ring is 1. The molecule has 0 unspecified atom stereocenters. The Morgan fingerprint density at radius 2 is 2.05 bits per heavy atom. The largest absolute Gasteiger partial charge is 0.473 e. The molecule has 1 heterocycles. The van der Waals surface area contributed by atoms with Gasteiger partial charge in [0, 0.05) is 11.8 Å². The van der Waals surface area contributed by atoms with Crippen molar-refractivity contribution in [2.45, 2.75) is 6.92 Å². The van der Waals surface area contributed by atoms with E-state index in [1.165, 1.54) is 0 Å². The van der Waals surface area contributed by atoms with Crippen LogP contribution in [0.4, 0.5) is 5.95 Å². The topological polar surface area (TPSA) is 73.1 Å². The van der Waals surface area contributed by atoms with Crippen molar-refractivity contribution in [3.63, 3.8) is 0 Å². The molecule has 98 valence electrons. The van der Waals surface area contributed by atoms with E-state index in [-0.39, 0.29) is 0 Å². The van der Waals surface area contributed by atoms with Gasteiger partial charge in [0.15, 0.2) is 0 Å². The van der Waals surface area contributed by atoms with Crippen LogP contribution in [-0.4, -0.2) is 16.6 Å². The van der Waals surface area contributed by atoms with Crippen LogP contribution in [0.15, 0.2) is 42.5 Å². The normalized spacial score (nSPS) is 10.6. The summed E-state index contributed by atoms with van der Waals surface area (Å²) < 4.78 is 5.52. The van der Waals surface area contributed by atoms with Gasteiger partial charge in [0.05, 0.1) is 0 Å². The van der Waals surface area contributed by atoms with Crippen molar-refractivity contribution in [3.05, 3.63) is 53.7 Å². The van der Waals surface area contributed by atoms with Gasteiger partial charge >= 0.3 is 0 Å². The summed E-state index contributed by atoms with van der Waals surface area (Å²) in [5.41, 5.74) is 4.33. The zero-order chi connectivity index (χ0) is 13.5. The molecule has 0 bridgehead atoms. The molecule has 0 aliphatic carbocycles. The van der Waals surface area contributed by atoms with Crippen LogP contribution < -0.4 is 16.0 Å². The monoisotopic (exact) mass is 256 g/mol. The van der Waals surface area contributed by atoms with E-state index >= 15 is 0 Å². The van der Waals surface area contributed by atoms with E-state index in [1.54, 1.807) is 6.07 Å². The highest BCUT2D eigenvalue weighted by Gasteiger charge is 2.00. The molecule has 2 rings (SSSR count). The van der Waals surface area contributed by atoms with Gasteiger partial charge in [-0.3, -0.25) is 5.43 Å². The van der Waals surface area contributed by atoms with E-state index < -0.39 is 0 Å². The lowest BCUT2D eigenvalue weighted by molar-refractivity contribution is 0.348. The number of nitrogens with two attached hydrogens (primary N) is 1. The smallest absolute Gasteiger partial charge is 0.240 e. The summed E-state index contributed by atoms with van der Waals surface area (Å²) in [6, 6.07) is 11.8. The summed E-state index contributed by atoms with van der Waals surface area (Å²) in [6.45, 7) is 2.30. The lowest BCUT2D eigenvalue weighted by Crippen LogP contribution is -2.11. The van der Waals surface area contributed by atoms with Gasteiger partial charge in [-0.05, 0) is 18.6 Å². The number of anilines is 1. The lowest BCUT2D eigenvalue weighted by Gasteiger charge is -2.05. The maximum atomic E-state index is 5.52. The van der Waals surface area contributed by atoms with E-state index in [4.69, 9.17) is 10.6 Å². The third-order valence-corrected chi connectivity index (χ3v) is 2.40. The molecule has 0 amide bonds. The molecule has 0 aliphatic rings. The highest BCUT2D eigenvalue weighted by molar-refractivity contribution is 5.48. The van der Waals surface area contributed by atoms with Crippen LogP contribution in [0, 0.1) is 6.92 Å². The average molecular weight is 256 g/mol. The summed E-state index contributed by atoms with van der Waals surface area (Å²) >= 11 is 0. The molecule has 0 spiro atoms. The minimum absolute atomic E-state index is 0.349. The van der Waals surface area contributed by atoms with Crippen molar-refractivity contribution in [2.24, 2.45) is 5.84 Å². The number of benzene rings is 1. The molecule has 5 nitrogen and oxygen atoms in total. The van der Waals surface area contributed by atoms with Gasteiger partial charge in [-0.15, -0.1) is 0 Å². The Balaban J connectivity index is 1.92. The maximum absolute atomic E-state index is 5.52. The zero-order valence-electron chi connectivity index (χ0n) is 10.7. The number of ether oxygens (including phenoxy) is 1. The highest BCUT2D eigenvalue weighted by atomic mass is 16.5. The minimum Gasteiger partial charge on any atom is -0.473 e. The van der Waals surface area contributed by atoms with Gasteiger partial charge < -0.3 is 4.74 Å². The number of aryl methyl sites for hydroxylation is 1. The van der Waals surface area contributed by atoms with Crippen molar-refractivity contribution in [1.82, 2.24) is 9.97 Å². The van der Waals surface area contributed by atoms with Crippen LogP contribution in [0.1, 0.15) is 11.3 Å². The molecule has 19 heavy (non-hydrogen) atoms. The SMILES string of the molecule is Cc1cc(OC/C=C/c2ccccc2)nc(NN)n1. The Morgan fingerprint density at radius 3 is 2.79 bits per heavy atom. The average Bonchev–Trinajstić information content (AvgIpc) is 2.44. The molecule has 2 aromatic rings. The van der Waals surface area contributed by atoms with Gasteiger partial charge in [-0.2, -0.15) is 4.98 Å². The Hall–Kier alpha value is -2.40. The minimum atomic E-state index is 0.349. The third kappa shape index (κ3) is 4.08. The Kier molecular flexibility index (Phi) is 4.47. The van der Waals surface area contributed by atoms with Crippen molar-refractivity contribution >= 4 is 12.0 Å². The first kappa shape index (κ1) is 13.0. The summed E-state index contributed by atoms with van der Waals surface area (Å²) in [7, 11) is 0. The van der Waals surface area contributed by atoms with Crippen molar-refractivity contribution in [3.8, 4) is 5.88 Å². The fraction of sp³-hybridized carbons (Fsp3) is 0.143. The molecular formula is C14H16N4O. The molecule has 0 saturated heterocycles. The van der Waals surface area contributed by atoms with Gasteiger partial charge in [-0.25, -0.2) is 10.8 Å². The van der Waals surface area contributed by atoms with E-state index in [0.717, 1.165) is 11.3 Å². The zero-order valence-corrected chi connectivity index (χ0v) is 10.7. The molecule has 3 N–H and O–H groups in total. The number of nitrogens with one attached hydrogen (secondary N) is 1. The Labute approximate surface area is 112 Å². The third-order valence-electron chi connectivity index (χ3n) is 2.40. The van der Waals surface area contributed by atoms with Crippen molar-refractivity contribution in [2.75, 3.05) is 12.0 Å². The maximum Gasteiger partial charge on any atom is 0.240 e. The van der Waals surface area contributed by atoms with E-state index in [9.17, 15) is 0 Å². The number of hydrogen-bond donors (Lipinski definition) is 2. The molecular weight excluding hydrogens is 240 g/mol. The van der Waals surface area contributed by atoms with Gasteiger partial charge in [0.1, 0.15) is 6.61 Å². The number of rotatable bonds is 5. The van der Waals surface area contributed by atoms with Crippen LogP contribution >= 0.6 is 0 Å². The fourth-order valence-electron chi connectivity index (χ4n) is 1.56. The van der Waals surface area contributed by atoms with Gasteiger partial charge in [0.2, 0.25) is 11.8 Å². The Morgan fingerprint density at radius 1 is 1.26 bits per heavy atom. The Bertz CT molecular complexity index is 555. The first-order valence-corrected chi connectivity index (χ1v) is 5.94. The molecule has 0 aliphatic heterocycles. The van der Waals surface area contributed by atoms with Crippen LogP contribution in [0.25, 0.3) is 6.08 Å². The predicted octanol–water partition coefficient (Wildman–Crippen LogP) is 2.16. The molecule has 0 fully saturated rings. The van der Waals surface area contributed by atoms with E-state index in [1.807, 2.05) is 49.4 Å². The van der Waals surface area contributed by atoms with Crippen LogP contribution in [-0.2, 0) is 0 Å². The fourth-order valence-corrected chi connectivity index (χ4v) is 1.56. The summed E-state index contributed by atoms with van der Waals surface area (Å²) in [5, 5.41) is 0. The second kappa shape index (κ2) is 6.51. The standard InChI is InChI=1S/C14H16N4O/c1-11-10-13(17-14(16-11)18-15)19-9-5-8-12-6-3-2-4-7-12/h2-8,10H,9,15H2,1H3,(H,16,17,18)/b8-5+. The molecule has 1 aromatic heterocycles. The van der Waals surface area contributed by atoms with Gasteiger partial charge in [0.25, 0.3) is 0 Å². The summed E-state index contributed by atoms with van der Waals surface area (Å²) in [5.74, 6) is 6.12. The van der Waals surface area contributed by atoms with Crippen LogP contribution in [0.3, 0.4) is 0 Å². The lowest BCUT2D eigenvalue weighted by atomic mass is 10.2. The van der Waals surface area contributed by atoms with Crippen LogP contribution in [0.5, 0.6) is 5.88 Å². The van der Waals surface area contributed by atoms with E-state index in [2.05, 4.69) is 15.4 Å². The van der Waals surface area contributed by atoms with Crippen LogP contribution in [0.2, 0.25) is 0 Å². The highest BCUT2D eigenvalue weighted by Crippen LogP contribution is 2.11. The number of nitrogens with zero attached hydrogens (tertiary/aromatic N) is 2. The first-order chi connectivity index (χ1) is 9.28. The quantitative estimate of drug-likeness (QED) is 0.633. The second-order valence-corrected chi connectivity index (χ2v) is 3.94. The predicted molar refractivity (Wildman–Crippen MR) is 75.6 cm³/mol. The number of aromatic nitrogens is 2. The molecule has 1 aromatic carbocycles. The number of hydrogen-bond acceptors (Lipinski definition) is 5. The first-order valence-electron chi connectivity index (χ1n) is 5.94. The van der Waals surface area contributed by atoms with Gasteiger partial charge in [-0.1, -0.05) is 36.4 Å². The molecule has 5 heteroatoms. The van der Waals surface area contributed by atoms with Crippen molar-refractivity contribution in [1.29, 1.82) is 0 Å². The van der Waals surface area contributed by atoms with Crippen molar-refractivity contribution < 1.29 is 4.74 Å². The molecule has 0 radical (unpaired) electrons. The molecule has 0 atom stereocenters. The molecule has 0 saturated carbocycles. The second-order valence-electron chi connectivity index (χ2n) is 3.94. The number of hydrazine groups is 1. The summed E-state index contributed by atoms with van der Waals surface area (Å²) in [4.78, 5) is 8.18. The van der Waals surface area contributed by atoms with E-state index in [0.29, 0.717) is 18.4 Å². The summed E-state index contributed by atoms with van der Waals surface area (Å²) in [6.07, 6.45) is 3.93.